The third-order valence-electron chi connectivity index (χ3n) is 2.94. The molecule has 0 aromatic heterocycles. The van der Waals surface area contributed by atoms with Crippen LogP contribution in [0.2, 0.25) is 0 Å². The highest BCUT2D eigenvalue weighted by atomic mass is 16.1. The molecule has 0 spiro atoms. The summed E-state index contributed by atoms with van der Waals surface area (Å²) < 4.78 is 0. The quantitative estimate of drug-likeness (QED) is 0.657. The van der Waals surface area contributed by atoms with Gasteiger partial charge in [0, 0.05) is 6.42 Å². The minimum absolute atomic E-state index is 0.255. The van der Waals surface area contributed by atoms with Gasteiger partial charge in [0.2, 0.25) is 0 Å². The van der Waals surface area contributed by atoms with Crippen LogP contribution in [0.1, 0.15) is 64.4 Å². The fourth-order valence-electron chi connectivity index (χ4n) is 1.60. The first kappa shape index (κ1) is 16.9. The van der Waals surface area contributed by atoms with Crippen molar-refractivity contribution < 1.29 is 4.79 Å². The monoisotopic (exact) mass is 248 g/mol. The van der Waals surface area contributed by atoms with E-state index in [0.717, 1.165) is 0 Å². The van der Waals surface area contributed by atoms with Crippen LogP contribution in [0.4, 0.5) is 0 Å². The van der Waals surface area contributed by atoms with Crippen molar-refractivity contribution >= 4 is 5.78 Å². The third-order valence-corrected chi connectivity index (χ3v) is 2.94. The highest BCUT2D eigenvalue weighted by molar-refractivity contribution is 5.74. The van der Waals surface area contributed by atoms with E-state index in [1.54, 1.807) is 6.92 Å². The number of Topliss-reactive ketones (excluding diaryl/α,β-unsaturated/α-hetero) is 1. The highest BCUT2D eigenvalue weighted by Crippen LogP contribution is 2.15. The van der Waals surface area contributed by atoms with Gasteiger partial charge in [-0.15, -0.1) is 0 Å². The van der Waals surface area contributed by atoms with Gasteiger partial charge in [-0.05, 0) is 13.8 Å². The number of benzene rings is 1. The van der Waals surface area contributed by atoms with Crippen LogP contribution in [0.5, 0.6) is 0 Å². The van der Waals surface area contributed by atoms with Crippen molar-refractivity contribution in [2.24, 2.45) is 0 Å². The predicted octanol–water partition coefficient (Wildman–Crippen LogP) is 5.32. The second-order valence-electron chi connectivity index (χ2n) is 4.83. The largest absolute Gasteiger partial charge is 0.300 e. The molecule has 1 saturated carbocycles. The summed E-state index contributed by atoms with van der Waals surface area (Å²) in [5.74, 6) is 0.255. The van der Waals surface area contributed by atoms with E-state index >= 15 is 0 Å². The molecule has 0 saturated heterocycles. The molecule has 0 atom stereocenters. The first-order valence-corrected chi connectivity index (χ1v) is 7.18. The molecule has 0 N–H and O–H groups in total. The van der Waals surface area contributed by atoms with Gasteiger partial charge in [0.25, 0.3) is 0 Å². The van der Waals surface area contributed by atoms with E-state index in [9.17, 15) is 4.79 Å². The van der Waals surface area contributed by atoms with Crippen molar-refractivity contribution in [1.82, 2.24) is 0 Å². The second kappa shape index (κ2) is 12.3. The van der Waals surface area contributed by atoms with Crippen molar-refractivity contribution in [2.45, 2.75) is 65.7 Å². The average molecular weight is 248 g/mol. The van der Waals surface area contributed by atoms with Gasteiger partial charge in [-0.3, -0.25) is 0 Å². The highest BCUT2D eigenvalue weighted by Gasteiger charge is 1.95. The number of carbonyl (C=O) groups excluding carboxylic acids is 1. The smallest absolute Gasteiger partial charge is 0.129 e. The lowest BCUT2D eigenvalue weighted by Gasteiger charge is -2.05. The number of ketones is 1. The lowest BCUT2D eigenvalue weighted by Crippen LogP contribution is -1.85. The van der Waals surface area contributed by atoms with Gasteiger partial charge in [0.05, 0.1) is 0 Å². The van der Waals surface area contributed by atoms with Gasteiger partial charge in [-0.1, -0.05) is 81.3 Å². The Morgan fingerprint density at radius 3 is 1.44 bits per heavy atom. The first-order valence-electron chi connectivity index (χ1n) is 7.18. The van der Waals surface area contributed by atoms with Crippen molar-refractivity contribution in [2.75, 3.05) is 0 Å². The zero-order valence-corrected chi connectivity index (χ0v) is 12.2. The molecule has 0 heterocycles. The van der Waals surface area contributed by atoms with Crippen LogP contribution in [0.25, 0.3) is 0 Å². The predicted molar refractivity (Wildman–Crippen MR) is 79.9 cm³/mol. The summed E-state index contributed by atoms with van der Waals surface area (Å²) >= 11 is 0. The summed E-state index contributed by atoms with van der Waals surface area (Å²) in [6.45, 7) is 5.52. The van der Waals surface area contributed by atoms with E-state index in [2.05, 4.69) is 19.1 Å². The summed E-state index contributed by atoms with van der Waals surface area (Å²) in [7, 11) is 0. The number of carbonyl (C=O) groups is 1. The minimum atomic E-state index is 0.255. The van der Waals surface area contributed by atoms with Gasteiger partial charge in [-0.2, -0.15) is 0 Å². The van der Waals surface area contributed by atoms with Gasteiger partial charge in [-0.25, -0.2) is 0 Å². The molecule has 1 aromatic rings. The molecule has 0 amide bonds. The van der Waals surface area contributed by atoms with Crippen LogP contribution in [-0.2, 0) is 4.79 Å². The van der Waals surface area contributed by atoms with Gasteiger partial charge < -0.3 is 4.79 Å². The van der Waals surface area contributed by atoms with E-state index in [1.807, 2.05) is 25.1 Å². The standard InChI is InChI=1S/C7H8.C6H12.C4H8O/c1-7-5-3-2-4-6-7;1-2-4-6-5-3-1;1-3-4(2)5/h2-6H,1H3;1-6H2;3H2,1-2H3. The van der Waals surface area contributed by atoms with E-state index in [1.165, 1.54) is 44.1 Å². The Morgan fingerprint density at radius 2 is 1.28 bits per heavy atom. The van der Waals surface area contributed by atoms with E-state index < -0.39 is 0 Å². The fraction of sp³-hybridized carbons (Fsp3) is 0.588. The molecule has 1 fully saturated rings. The lowest BCUT2D eigenvalue weighted by atomic mass is 10.0. The first-order chi connectivity index (χ1) is 8.66. The summed E-state index contributed by atoms with van der Waals surface area (Å²) in [6.07, 6.45) is 9.67. The maximum Gasteiger partial charge on any atom is 0.129 e. The molecule has 1 aliphatic carbocycles. The summed E-state index contributed by atoms with van der Waals surface area (Å²) in [4.78, 5) is 9.81. The van der Waals surface area contributed by atoms with Crippen LogP contribution >= 0.6 is 0 Å². The van der Waals surface area contributed by atoms with Crippen LogP contribution in [-0.4, -0.2) is 5.78 Å². The Balaban J connectivity index is 0.000000245. The summed E-state index contributed by atoms with van der Waals surface area (Å²) in [5, 5.41) is 0. The van der Waals surface area contributed by atoms with Crippen molar-refractivity contribution in [3.63, 3.8) is 0 Å². The molecule has 1 nitrogen and oxygen atoms in total. The molecule has 1 heteroatoms. The van der Waals surface area contributed by atoms with Crippen molar-refractivity contribution in [1.29, 1.82) is 0 Å². The number of hydrogen-bond acceptors (Lipinski definition) is 1. The number of aryl methyl sites for hydroxylation is 1. The molecule has 0 bridgehead atoms. The molecule has 0 unspecified atom stereocenters. The zero-order valence-electron chi connectivity index (χ0n) is 12.2. The van der Waals surface area contributed by atoms with Crippen molar-refractivity contribution in [3.05, 3.63) is 35.9 Å². The summed E-state index contributed by atoms with van der Waals surface area (Å²) in [6, 6.07) is 10.3. The van der Waals surface area contributed by atoms with Crippen LogP contribution in [0.3, 0.4) is 0 Å². The Kier molecular flexibility index (Phi) is 11.6. The second-order valence-corrected chi connectivity index (χ2v) is 4.83. The molecule has 1 aromatic carbocycles. The summed E-state index contributed by atoms with van der Waals surface area (Å²) in [5.41, 5.74) is 1.32. The average Bonchev–Trinajstić information content (AvgIpc) is 2.43. The molecule has 0 aliphatic heterocycles. The van der Waals surface area contributed by atoms with Crippen LogP contribution in [0.15, 0.2) is 30.3 Å². The lowest BCUT2D eigenvalue weighted by molar-refractivity contribution is -0.116. The Bertz CT molecular complexity index is 274. The van der Waals surface area contributed by atoms with Gasteiger partial charge in [0.15, 0.2) is 0 Å². The van der Waals surface area contributed by atoms with E-state index in [4.69, 9.17) is 0 Å². The van der Waals surface area contributed by atoms with Crippen LogP contribution < -0.4 is 0 Å². The SMILES string of the molecule is C1CCCCC1.CCC(C)=O.Cc1ccccc1. The Labute approximate surface area is 113 Å². The molecule has 1 aliphatic rings. The van der Waals surface area contributed by atoms with Gasteiger partial charge in [0.1, 0.15) is 5.78 Å². The van der Waals surface area contributed by atoms with Gasteiger partial charge >= 0.3 is 0 Å². The number of rotatable bonds is 1. The maximum atomic E-state index is 9.81. The maximum absolute atomic E-state index is 9.81. The Morgan fingerprint density at radius 1 is 0.944 bits per heavy atom. The fourth-order valence-corrected chi connectivity index (χ4v) is 1.60. The zero-order chi connectivity index (χ0) is 13.6. The Hall–Kier alpha value is -1.11. The molecule has 0 radical (unpaired) electrons. The van der Waals surface area contributed by atoms with Crippen molar-refractivity contribution in [3.8, 4) is 0 Å². The molecule has 102 valence electrons. The number of hydrogen-bond donors (Lipinski definition) is 0. The molecule has 18 heavy (non-hydrogen) atoms. The molecule has 2 rings (SSSR count). The molecular weight excluding hydrogens is 220 g/mol. The normalized spacial score (nSPS) is 13.5. The van der Waals surface area contributed by atoms with Crippen LogP contribution in [0, 0.1) is 6.92 Å². The van der Waals surface area contributed by atoms with E-state index in [0.29, 0.717) is 6.42 Å². The van der Waals surface area contributed by atoms with E-state index in [-0.39, 0.29) is 5.78 Å². The minimum Gasteiger partial charge on any atom is -0.300 e. The third kappa shape index (κ3) is 13.0. The topological polar surface area (TPSA) is 17.1 Å². The molecular formula is C17H28O.